The van der Waals surface area contributed by atoms with E-state index < -0.39 is 0 Å². The molecule has 74 valence electrons. The van der Waals surface area contributed by atoms with Gasteiger partial charge in [-0.15, -0.1) is 0 Å². The first-order chi connectivity index (χ1) is 6.81. The van der Waals surface area contributed by atoms with E-state index >= 15 is 0 Å². The molecule has 2 rings (SSSR count). The summed E-state index contributed by atoms with van der Waals surface area (Å²) in [5, 5.41) is 0. The minimum atomic E-state index is -0.195. The van der Waals surface area contributed by atoms with Gasteiger partial charge in [-0.05, 0) is 18.1 Å². The highest BCUT2D eigenvalue weighted by atomic mass is 16.5. The molecule has 1 aromatic carbocycles. The van der Waals surface area contributed by atoms with Crippen molar-refractivity contribution in [3.63, 3.8) is 0 Å². The summed E-state index contributed by atoms with van der Waals surface area (Å²) in [4.78, 5) is 11.3. The molecule has 1 heterocycles. The van der Waals surface area contributed by atoms with E-state index in [1.807, 2.05) is 24.3 Å². The van der Waals surface area contributed by atoms with Gasteiger partial charge in [0.05, 0.1) is 13.0 Å². The molecule has 0 N–H and O–H groups in total. The van der Waals surface area contributed by atoms with Gasteiger partial charge in [0.2, 0.25) is 0 Å². The highest BCUT2D eigenvalue weighted by Crippen LogP contribution is 2.27. The molecule has 14 heavy (non-hydrogen) atoms. The molecule has 0 aliphatic carbocycles. The summed E-state index contributed by atoms with van der Waals surface area (Å²) in [7, 11) is 1.41. The molecule has 1 aliphatic rings. The van der Waals surface area contributed by atoms with Crippen LogP contribution >= 0.6 is 0 Å². The van der Waals surface area contributed by atoms with E-state index in [4.69, 9.17) is 4.74 Å². The van der Waals surface area contributed by atoms with Crippen LogP contribution in [-0.4, -0.2) is 19.7 Å². The van der Waals surface area contributed by atoms with E-state index in [1.165, 1.54) is 7.11 Å². The zero-order valence-corrected chi connectivity index (χ0v) is 8.03. The highest BCUT2D eigenvalue weighted by Gasteiger charge is 2.26. The number of ether oxygens (including phenoxy) is 2. The molecular formula is C11H12O3. The number of rotatable bonds is 1. The first-order valence-corrected chi connectivity index (χ1v) is 4.60. The fourth-order valence-electron chi connectivity index (χ4n) is 1.65. The normalized spacial score (nSPS) is 19.4. The van der Waals surface area contributed by atoms with Crippen molar-refractivity contribution in [3.05, 3.63) is 29.8 Å². The van der Waals surface area contributed by atoms with Gasteiger partial charge in [0.1, 0.15) is 12.4 Å². The largest absolute Gasteiger partial charge is 0.492 e. The van der Waals surface area contributed by atoms with Crippen LogP contribution in [0.1, 0.15) is 5.56 Å². The van der Waals surface area contributed by atoms with E-state index in [0.717, 1.165) is 11.3 Å². The molecule has 1 aromatic rings. The molecule has 0 aromatic heterocycles. The van der Waals surface area contributed by atoms with Gasteiger partial charge in [-0.3, -0.25) is 4.79 Å². The lowest BCUT2D eigenvalue weighted by Crippen LogP contribution is -2.28. The Morgan fingerprint density at radius 1 is 1.50 bits per heavy atom. The van der Waals surface area contributed by atoms with E-state index in [0.29, 0.717) is 13.0 Å². The summed E-state index contributed by atoms with van der Waals surface area (Å²) in [5.41, 5.74) is 1.08. The second-order valence-electron chi connectivity index (χ2n) is 3.34. The average molecular weight is 192 g/mol. The number of methoxy groups -OCH3 is 1. The van der Waals surface area contributed by atoms with Crippen molar-refractivity contribution in [2.24, 2.45) is 5.92 Å². The van der Waals surface area contributed by atoms with Crippen LogP contribution in [0.25, 0.3) is 0 Å². The predicted octanol–water partition coefficient (Wildman–Crippen LogP) is 1.41. The quantitative estimate of drug-likeness (QED) is 0.631. The number of benzene rings is 1. The molecule has 3 heteroatoms. The van der Waals surface area contributed by atoms with Gasteiger partial charge in [0.25, 0.3) is 0 Å². The molecule has 0 spiro atoms. The molecule has 1 unspecified atom stereocenters. The standard InChI is InChI=1S/C11H12O3/c1-13-11(12)9-6-8-4-2-3-5-10(8)14-7-9/h2-5,9H,6-7H2,1H3. The molecule has 1 aliphatic heterocycles. The summed E-state index contributed by atoms with van der Waals surface area (Å²) in [6.45, 7) is 0.420. The Kier molecular flexibility index (Phi) is 2.39. The monoisotopic (exact) mass is 192 g/mol. The van der Waals surface area contributed by atoms with Gasteiger partial charge < -0.3 is 9.47 Å². The second-order valence-corrected chi connectivity index (χ2v) is 3.34. The molecule has 0 saturated carbocycles. The minimum absolute atomic E-state index is 0.158. The molecule has 0 bridgehead atoms. The number of fused-ring (bicyclic) bond motifs is 1. The van der Waals surface area contributed by atoms with Crippen LogP contribution in [0.15, 0.2) is 24.3 Å². The third-order valence-electron chi connectivity index (χ3n) is 2.41. The fraction of sp³-hybridized carbons (Fsp3) is 0.364. The smallest absolute Gasteiger partial charge is 0.312 e. The van der Waals surface area contributed by atoms with Gasteiger partial charge >= 0.3 is 5.97 Å². The maximum Gasteiger partial charge on any atom is 0.312 e. The summed E-state index contributed by atoms with van der Waals surface area (Å²) < 4.78 is 10.1. The first-order valence-electron chi connectivity index (χ1n) is 4.60. The third kappa shape index (κ3) is 1.58. The van der Waals surface area contributed by atoms with Crippen LogP contribution in [0, 0.1) is 5.92 Å². The zero-order chi connectivity index (χ0) is 9.97. The summed E-state index contributed by atoms with van der Waals surface area (Å²) in [5.74, 6) is 0.530. The summed E-state index contributed by atoms with van der Waals surface area (Å²) in [6, 6.07) is 7.77. The molecular weight excluding hydrogens is 180 g/mol. The minimum Gasteiger partial charge on any atom is -0.492 e. The van der Waals surface area contributed by atoms with Gasteiger partial charge in [0.15, 0.2) is 0 Å². The van der Waals surface area contributed by atoms with E-state index in [1.54, 1.807) is 0 Å². The number of esters is 1. The molecule has 0 fully saturated rings. The lowest BCUT2D eigenvalue weighted by Gasteiger charge is -2.23. The van der Waals surface area contributed by atoms with Crippen molar-refractivity contribution >= 4 is 5.97 Å². The lowest BCUT2D eigenvalue weighted by atomic mass is 9.97. The lowest BCUT2D eigenvalue weighted by molar-refractivity contribution is -0.146. The Balaban J connectivity index is 2.17. The topological polar surface area (TPSA) is 35.5 Å². The van der Waals surface area contributed by atoms with Gasteiger partial charge in [-0.2, -0.15) is 0 Å². The van der Waals surface area contributed by atoms with Crippen molar-refractivity contribution in [3.8, 4) is 5.75 Å². The Bertz CT molecular complexity index is 346. The van der Waals surface area contributed by atoms with E-state index in [2.05, 4.69) is 4.74 Å². The molecule has 0 amide bonds. The maximum atomic E-state index is 11.3. The number of carbonyl (C=O) groups excluding carboxylic acids is 1. The second kappa shape index (κ2) is 3.70. The summed E-state index contributed by atoms with van der Waals surface area (Å²) >= 11 is 0. The highest BCUT2D eigenvalue weighted by molar-refractivity contribution is 5.73. The Labute approximate surface area is 82.6 Å². The van der Waals surface area contributed by atoms with Gasteiger partial charge in [-0.1, -0.05) is 18.2 Å². The van der Waals surface area contributed by atoms with Crippen LogP contribution in [0.2, 0.25) is 0 Å². The van der Waals surface area contributed by atoms with Crippen molar-refractivity contribution < 1.29 is 14.3 Å². The molecule has 0 saturated heterocycles. The average Bonchev–Trinajstić information content (AvgIpc) is 2.27. The Morgan fingerprint density at radius 3 is 3.07 bits per heavy atom. The Morgan fingerprint density at radius 2 is 2.29 bits per heavy atom. The Hall–Kier alpha value is -1.51. The number of hydrogen-bond donors (Lipinski definition) is 0. The SMILES string of the molecule is COC(=O)C1COc2ccccc2C1. The van der Waals surface area contributed by atoms with Crippen LogP contribution < -0.4 is 4.74 Å². The van der Waals surface area contributed by atoms with Crippen molar-refractivity contribution in [2.45, 2.75) is 6.42 Å². The fourth-order valence-corrected chi connectivity index (χ4v) is 1.65. The van der Waals surface area contributed by atoms with Crippen molar-refractivity contribution in [2.75, 3.05) is 13.7 Å². The van der Waals surface area contributed by atoms with Crippen molar-refractivity contribution in [1.29, 1.82) is 0 Å². The van der Waals surface area contributed by atoms with Crippen LogP contribution in [0.4, 0.5) is 0 Å². The predicted molar refractivity (Wildman–Crippen MR) is 51.1 cm³/mol. The van der Waals surface area contributed by atoms with Crippen molar-refractivity contribution in [1.82, 2.24) is 0 Å². The number of carbonyl (C=O) groups is 1. The van der Waals surface area contributed by atoms with Gasteiger partial charge in [-0.25, -0.2) is 0 Å². The zero-order valence-electron chi connectivity index (χ0n) is 8.03. The van der Waals surface area contributed by atoms with E-state index in [-0.39, 0.29) is 11.9 Å². The van der Waals surface area contributed by atoms with Crippen LogP contribution in [0.5, 0.6) is 5.75 Å². The van der Waals surface area contributed by atoms with Crippen LogP contribution in [0.3, 0.4) is 0 Å². The maximum absolute atomic E-state index is 11.3. The third-order valence-corrected chi connectivity index (χ3v) is 2.41. The van der Waals surface area contributed by atoms with Crippen LogP contribution in [-0.2, 0) is 16.0 Å². The molecule has 0 radical (unpaired) electrons. The first kappa shape index (κ1) is 9.06. The summed E-state index contributed by atoms with van der Waals surface area (Å²) in [6.07, 6.45) is 0.711. The number of para-hydroxylation sites is 1. The molecule has 3 nitrogen and oxygen atoms in total. The van der Waals surface area contributed by atoms with E-state index in [9.17, 15) is 4.79 Å². The number of hydrogen-bond acceptors (Lipinski definition) is 3. The molecule has 1 atom stereocenters. The van der Waals surface area contributed by atoms with Gasteiger partial charge in [0, 0.05) is 0 Å².